The van der Waals surface area contributed by atoms with E-state index in [2.05, 4.69) is 0 Å². The second kappa shape index (κ2) is 5.42. The summed E-state index contributed by atoms with van der Waals surface area (Å²) < 4.78 is 10.0. The summed E-state index contributed by atoms with van der Waals surface area (Å²) in [6, 6.07) is 0. The van der Waals surface area contributed by atoms with Gasteiger partial charge in [0.15, 0.2) is 11.9 Å². The molecule has 4 nitrogen and oxygen atoms in total. The van der Waals surface area contributed by atoms with Crippen molar-refractivity contribution in [1.29, 1.82) is 0 Å². The summed E-state index contributed by atoms with van der Waals surface area (Å²) in [5, 5.41) is 0. The standard InChI is InChI=1S/C10H16O4/c1-6(11)7(2)13-8(3)9(4)14-10(5)12/h7H,1-5H3. The van der Waals surface area contributed by atoms with Crippen LogP contribution in [0.15, 0.2) is 11.5 Å². The predicted molar refractivity (Wildman–Crippen MR) is 51.4 cm³/mol. The summed E-state index contributed by atoms with van der Waals surface area (Å²) in [6.07, 6.45) is -0.513. The van der Waals surface area contributed by atoms with Gasteiger partial charge in [-0.3, -0.25) is 9.59 Å². The van der Waals surface area contributed by atoms with E-state index in [4.69, 9.17) is 9.47 Å². The van der Waals surface area contributed by atoms with Crippen LogP contribution in [0.25, 0.3) is 0 Å². The van der Waals surface area contributed by atoms with Crippen LogP contribution < -0.4 is 0 Å². The topological polar surface area (TPSA) is 52.6 Å². The predicted octanol–water partition coefficient (Wildman–Crippen LogP) is 1.79. The molecule has 14 heavy (non-hydrogen) atoms. The number of carbonyl (C=O) groups is 2. The van der Waals surface area contributed by atoms with Gasteiger partial charge in [0.05, 0.1) is 0 Å². The van der Waals surface area contributed by atoms with Crippen LogP contribution in [0.5, 0.6) is 0 Å². The summed E-state index contributed by atoms with van der Waals surface area (Å²) in [4.78, 5) is 21.5. The third-order valence-electron chi connectivity index (χ3n) is 1.72. The average molecular weight is 200 g/mol. The summed E-state index contributed by atoms with van der Waals surface area (Å²) in [5.41, 5.74) is 0. The molecule has 0 N–H and O–H groups in total. The quantitative estimate of drug-likeness (QED) is 0.513. The SMILES string of the molecule is CC(=O)OC(C)=C(C)OC(C)C(C)=O. The zero-order valence-corrected chi connectivity index (χ0v) is 9.21. The highest BCUT2D eigenvalue weighted by Crippen LogP contribution is 2.10. The van der Waals surface area contributed by atoms with Gasteiger partial charge in [0.1, 0.15) is 11.5 Å². The first-order valence-corrected chi connectivity index (χ1v) is 4.37. The minimum absolute atomic E-state index is 0.0695. The number of hydrogen-bond donors (Lipinski definition) is 0. The number of ether oxygens (including phenoxy) is 2. The maximum absolute atomic E-state index is 10.9. The molecule has 4 heteroatoms. The first kappa shape index (κ1) is 12.7. The molecule has 1 atom stereocenters. The molecular weight excluding hydrogens is 184 g/mol. The van der Waals surface area contributed by atoms with Crippen LogP contribution in [0.2, 0.25) is 0 Å². The molecule has 80 valence electrons. The van der Waals surface area contributed by atoms with Gasteiger partial charge in [-0.15, -0.1) is 0 Å². The number of Topliss-reactive ketones (excluding diaryl/α,β-unsaturated/α-hetero) is 1. The van der Waals surface area contributed by atoms with Crippen molar-refractivity contribution < 1.29 is 19.1 Å². The molecule has 0 aliphatic rings. The third kappa shape index (κ3) is 4.64. The van der Waals surface area contributed by atoms with E-state index in [1.54, 1.807) is 20.8 Å². The Hall–Kier alpha value is -1.32. The maximum atomic E-state index is 10.9. The molecule has 0 amide bonds. The molecule has 0 bridgehead atoms. The number of hydrogen-bond acceptors (Lipinski definition) is 4. The minimum atomic E-state index is -0.513. The molecule has 0 aliphatic carbocycles. The molecule has 0 aromatic carbocycles. The molecule has 0 spiro atoms. The molecule has 0 saturated heterocycles. The van der Waals surface area contributed by atoms with Crippen LogP contribution in [-0.4, -0.2) is 17.9 Å². The Morgan fingerprint density at radius 2 is 1.50 bits per heavy atom. The van der Waals surface area contributed by atoms with E-state index in [9.17, 15) is 9.59 Å². The zero-order chi connectivity index (χ0) is 11.3. The van der Waals surface area contributed by atoms with Crippen molar-refractivity contribution in [3.05, 3.63) is 11.5 Å². The first-order valence-electron chi connectivity index (χ1n) is 4.37. The smallest absolute Gasteiger partial charge is 0.307 e. The van der Waals surface area contributed by atoms with Gasteiger partial charge in [-0.05, 0) is 27.7 Å². The highest BCUT2D eigenvalue weighted by atomic mass is 16.6. The Morgan fingerprint density at radius 1 is 1.00 bits per heavy atom. The molecular formula is C10H16O4. The van der Waals surface area contributed by atoms with E-state index in [1.165, 1.54) is 13.8 Å². The summed E-state index contributed by atoms with van der Waals surface area (Å²) in [6.45, 7) is 7.67. The zero-order valence-electron chi connectivity index (χ0n) is 9.21. The normalized spacial score (nSPS) is 14.1. The molecule has 0 heterocycles. The van der Waals surface area contributed by atoms with Gasteiger partial charge in [-0.2, -0.15) is 0 Å². The highest BCUT2D eigenvalue weighted by molar-refractivity contribution is 5.80. The molecule has 0 fully saturated rings. The van der Waals surface area contributed by atoms with Crippen molar-refractivity contribution in [1.82, 2.24) is 0 Å². The van der Waals surface area contributed by atoms with Crippen molar-refractivity contribution >= 4 is 11.8 Å². The van der Waals surface area contributed by atoms with E-state index in [0.717, 1.165) is 0 Å². The van der Waals surface area contributed by atoms with Gasteiger partial charge in [-0.1, -0.05) is 0 Å². The van der Waals surface area contributed by atoms with Crippen molar-refractivity contribution in [3.63, 3.8) is 0 Å². The van der Waals surface area contributed by atoms with Crippen molar-refractivity contribution in [2.45, 2.75) is 40.7 Å². The fraction of sp³-hybridized carbons (Fsp3) is 0.600. The van der Waals surface area contributed by atoms with Crippen LogP contribution in [0, 0.1) is 0 Å². The van der Waals surface area contributed by atoms with Crippen LogP contribution in [-0.2, 0) is 19.1 Å². The Bertz CT molecular complexity index is 265. The number of carbonyl (C=O) groups excluding carboxylic acids is 2. The number of rotatable bonds is 4. The lowest BCUT2D eigenvalue weighted by Gasteiger charge is -2.13. The monoisotopic (exact) mass is 200 g/mol. The fourth-order valence-electron chi connectivity index (χ4n) is 0.719. The van der Waals surface area contributed by atoms with Crippen LogP contribution >= 0.6 is 0 Å². The van der Waals surface area contributed by atoms with Gasteiger partial charge < -0.3 is 9.47 Å². The second-order valence-electron chi connectivity index (χ2n) is 3.08. The largest absolute Gasteiger partial charge is 0.484 e. The Morgan fingerprint density at radius 3 is 1.86 bits per heavy atom. The molecule has 0 saturated carbocycles. The van der Waals surface area contributed by atoms with E-state index >= 15 is 0 Å². The maximum Gasteiger partial charge on any atom is 0.307 e. The number of esters is 1. The Balaban J connectivity index is 4.36. The molecule has 0 radical (unpaired) electrons. The van der Waals surface area contributed by atoms with E-state index in [1.807, 2.05) is 0 Å². The van der Waals surface area contributed by atoms with Crippen molar-refractivity contribution in [3.8, 4) is 0 Å². The van der Waals surface area contributed by atoms with Crippen LogP contribution in [0.4, 0.5) is 0 Å². The van der Waals surface area contributed by atoms with E-state index in [-0.39, 0.29) is 5.78 Å². The lowest BCUT2D eigenvalue weighted by atomic mass is 10.3. The van der Waals surface area contributed by atoms with Crippen molar-refractivity contribution in [2.75, 3.05) is 0 Å². The molecule has 0 aliphatic heterocycles. The number of allylic oxidation sites excluding steroid dienone is 2. The minimum Gasteiger partial charge on any atom is -0.484 e. The summed E-state index contributed by atoms with van der Waals surface area (Å²) >= 11 is 0. The molecule has 0 aromatic heterocycles. The highest BCUT2D eigenvalue weighted by Gasteiger charge is 2.11. The fourth-order valence-corrected chi connectivity index (χ4v) is 0.719. The molecule has 0 aromatic rings. The van der Waals surface area contributed by atoms with Gasteiger partial charge in [0.25, 0.3) is 0 Å². The van der Waals surface area contributed by atoms with Crippen molar-refractivity contribution in [2.24, 2.45) is 0 Å². The third-order valence-corrected chi connectivity index (χ3v) is 1.72. The molecule has 0 rings (SSSR count). The first-order chi connectivity index (χ1) is 6.34. The van der Waals surface area contributed by atoms with Gasteiger partial charge in [0.2, 0.25) is 0 Å². The summed E-state index contributed by atoms with van der Waals surface area (Å²) in [5.74, 6) is 0.356. The Labute approximate surface area is 83.9 Å². The van der Waals surface area contributed by atoms with Crippen LogP contribution in [0.1, 0.15) is 34.6 Å². The summed E-state index contributed by atoms with van der Waals surface area (Å²) in [7, 11) is 0. The van der Waals surface area contributed by atoms with Gasteiger partial charge in [-0.25, -0.2) is 0 Å². The van der Waals surface area contributed by atoms with Gasteiger partial charge in [0, 0.05) is 6.92 Å². The molecule has 1 unspecified atom stereocenters. The van der Waals surface area contributed by atoms with E-state index in [0.29, 0.717) is 11.5 Å². The Kier molecular flexibility index (Phi) is 4.91. The number of ketones is 1. The lowest BCUT2D eigenvalue weighted by molar-refractivity contribution is -0.137. The van der Waals surface area contributed by atoms with Gasteiger partial charge >= 0.3 is 5.97 Å². The van der Waals surface area contributed by atoms with Crippen LogP contribution in [0.3, 0.4) is 0 Å². The second-order valence-corrected chi connectivity index (χ2v) is 3.08. The lowest BCUT2D eigenvalue weighted by Crippen LogP contribution is -2.17. The average Bonchev–Trinajstić information content (AvgIpc) is 2.02. The van der Waals surface area contributed by atoms with E-state index < -0.39 is 12.1 Å².